The van der Waals surface area contributed by atoms with Gasteiger partial charge in [-0.15, -0.1) is 21.5 Å². The van der Waals surface area contributed by atoms with Gasteiger partial charge >= 0.3 is 0 Å². The summed E-state index contributed by atoms with van der Waals surface area (Å²) >= 11 is 1.47. The van der Waals surface area contributed by atoms with Crippen LogP contribution in [-0.4, -0.2) is 68.8 Å². The molecule has 9 heteroatoms. The van der Waals surface area contributed by atoms with Crippen LogP contribution in [0.4, 0.5) is 0 Å². The molecule has 8 nitrogen and oxygen atoms in total. The van der Waals surface area contributed by atoms with Crippen LogP contribution in [0, 0.1) is 0 Å². The zero-order valence-corrected chi connectivity index (χ0v) is 18.6. The maximum absolute atomic E-state index is 12.5. The summed E-state index contributed by atoms with van der Waals surface area (Å²) in [4.78, 5) is 17.4. The highest BCUT2D eigenvalue weighted by atomic mass is 32.1. The van der Waals surface area contributed by atoms with E-state index in [1.165, 1.54) is 16.9 Å². The zero-order valence-electron chi connectivity index (χ0n) is 17.8. The third-order valence-electron chi connectivity index (χ3n) is 6.10. The van der Waals surface area contributed by atoms with Gasteiger partial charge in [0, 0.05) is 39.8 Å². The maximum atomic E-state index is 12.5. The Bertz CT molecular complexity index is 1250. The van der Waals surface area contributed by atoms with E-state index in [0.29, 0.717) is 5.78 Å². The van der Waals surface area contributed by atoms with E-state index in [9.17, 15) is 4.79 Å². The Labute approximate surface area is 184 Å². The lowest BCUT2D eigenvalue weighted by Gasteiger charge is -2.34. The van der Waals surface area contributed by atoms with Crippen molar-refractivity contribution in [2.75, 3.05) is 39.8 Å². The number of aryl methyl sites for hydroxylation is 1. The Balaban J connectivity index is 1.23. The van der Waals surface area contributed by atoms with Gasteiger partial charge in [0.1, 0.15) is 10.4 Å². The molecule has 1 aliphatic rings. The van der Waals surface area contributed by atoms with E-state index in [4.69, 9.17) is 4.74 Å². The van der Waals surface area contributed by atoms with Crippen LogP contribution in [0.5, 0.6) is 5.75 Å². The summed E-state index contributed by atoms with van der Waals surface area (Å²) in [6.45, 7) is 5.87. The Kier molecular flexibility index (Phi) is 5.47. The molecule has 1 fully saturated rings. The lowest BCUT2D eigenvalue weighted by Crippen LogP contribution is -2.46. The summed E-state index contributed by atoms with van der Waals surface area (Å²) in [5, 5.41) is 10.7. The molecule has 1 saturated heterocycles. The molecular formula is C22H26N6O2S. The molecule has 3 aromatic heterocycles. The second-order valence-corrected chi connectivity index (χ2v) is 8.88. The van der Waals surface area contributed by atoms with Crippen LogP contribution in [0.1, 0.15) is 11.4 Å². The number of ether oxygens (including phenoxy) is 1. The lowest BCUT2D eigenvalue weighted by atomic mass is 10.1. The van der Waals surface area contributed by atoms with E-state index in [2.05, 4.69) is 32.1 Å². The van der Waals surface area contributed by atoms with Crippen molar-refractivity contribution in [2.24, 2.45) is 7.05 Å². The van der Waals surface area contributed by atoms with Crippen LogP contribution in [0.3, 0.4) is 0 Å². The molecule has 0 bridgehead atoms. The van der Waals surface area contributed by atoms with Gasteiger partial charge in [0.2, 0.25) is 5.78 Å². The molecule has 5 rings (SSSR count). The third-order valence-corrected chi connectivity index (χ3v) is 6.99. The van der Waals surface area contributed by atoms with Crippen LogP contribution in [0.25, 0.3) is 16.0 Å². The maximum Gasteiger partial charge on any atom is 0.272 e. The Hall–Kier alpha value is -2.75. The molecule has 4 heterocycles. The number of thiophene rings is 1. The number of aromatic nitrogens is 4. The monoisotopic (exact) mass is 438 g/mol. The van der Waals surface area contributed by atoms with Crippen molar-refractivity contribution in [3.8, 4) is 5.75 Å². The van der Waals surface area contributed by atoms with Crippen molar-refractivity contribution in [1.82, 2.24) is 29.0 Å². The van der Waals surface area contributed by atoms with Crippen molar-refractivity contribution in [3.63, 3.8) is 0 Å². The fraction of sp³-hybridized carbons (Fsp3) is 0.409. The van der Waals surface area contributed by atoms with Gasteiger partial charge in [0.25, 0.3) is 5.56 Å². The van der Waals surface area contributed by atoms with Crippen molar-refractivity contribution >= 4 is 27.3 Å². The first-order valence-electron chi connectivity index (χ1n) is 10.5. The molecule has 0 N–H and O–H groups in total. The van der Waals surface area contributed by atoms with Gasteiger partial charge in [0.15, 0.2) is 5.82 Å². The summed E-state index contributed by atoms with van der Waals surface area (Å²) in [5.74, 6) is 2.39. The second-order valence-electron chi connectivity index (χ2n) is 7.97. The van der Waals surface area contributed by atoms with Gasteiger partial charge in [0.05, 0.1) is 19.2 Å². The summed E-state index contributed by atoms with van der Waals surface area (Å²) in [7, 11) is 3.46. The number of piperazine rings is 1. The van der Waals surface area contributed by atoms with Gasteiger partial charge in [-0.25, -0.2) is 0 Å². The second kappa shape index (κ2) is 8.41. The van der Waals surface area contributed by atoms with Gasteiger partial charge in [-0.05, 0) is 35.6 Å². The average molecular weight is 439 g/mol. The first-order chi connectivity index (χ1) is 15.1. The minimum Gasteiger partial charge on any atom is -0.497 e. The summed E-state index contributed by atoms with van der Waals surface area (Å²) in [6.07, 6.45) is 1.04. The quantitative estimate of drug-likeness (QED) is 0.459. The van der Waals surface area contributed by atoms with E-state index in [1.807, 2.05) is 28.0 Å². The largest absolute Gasteiger partial charge is 0.497 e. The summed E-state index contributed by atoms with van der Waals surface area (Å²) < 4.78 is 9.60. The molecule has 0 saturated carbocycles. The first kappa shape index (κ1) is 20.2. The molecular weight excluding hydrogens is 412 g/mol. The topological polar surface area (TPSA) is 67.9 Å². The van der Waals surface area contributed by atoms with Crippen molar-refractivity contribution in [2.45, 2.75) is 13.0 Å². The standard InChI is InChI=1S/C22H26N6O2S/c1-25-21(29)20-18(8-14-31-20)28-19(23-24-22(25)28)15-27-12-10-26(11-13-27)9-7-16-3-5-17(30-2)6-4-16/h3-6,8,14H,7,9-13,15H2,1-2H3. The van der Waals surface area contributed by atoms with Gasteiger partial charge in [-0.2, -0.15) is 0 Å². The minimum atomic E-state index is -0.0121. The highest BCUT2D eigenvalue weighted by Gasteiger charge is 2.21. The first-order valence-corrected chi connectivity index (χ1v) is 11.4. The number of hydrogen-bond acceptors (Lipinski definition) is 7. The molecule has 4 aromatic rings. The molecule has 0 aliphatic carbocycles. The highest BCUT2D eigenvalue weighted by molar-refractivity contribution is 7.17. The molecule has 0 radical (unpaired) electrons. The van der Waals surface area contributed by atoms with E-state index >= 15 is 0 Å². The van der Waals surface area contributed by atoms with E-state index < -0.39 is 0 Å². The molecule has 0 amide bonds. The zero-order chi connectivity index (χ0) is 21.4. The third kappa shape index (κ3) is 3.84. The molecule has 0 unspecified atom stereocenters. The van der Waals surface area contributed by atoms with Crippen LogP contribution < -0.4 is 10.3 Å². The molecule has 0 atom stereocenters. The summed E-state index contributed by atoms with van der Waals surface area (Å²) in [6, 6.07) is 10.3. The number of nitrogens with zero attached hydrogens (tertiary/aromatic N) is 6. The number of rotatable bonds is 6. The lowest BCUT2D eigenvalue weighted by molar-refractivity contribution is 0.126. The minimum absolute atomic E-state index is 0.0121. The molecule has 1 aromatic carbocycles. The predicted octanol–water partition coefficient (Wildman–Crippen LogP) is 2.01. The smallest absolute Gasteiger partial charge is 0.272 e. The fourth-order valence-electron chi connectivity index (χ4n) is 4.21. The Morgan fingerprint density at radius 3 is 2.52 bits per heavy atom. The number of benzene rings is 1. The molecule has 31 heavy (non-hydrogen) atoms. The van der Waals surface area contributed by atoms with Crippen LogP contribution in [0.15, 0.2) is 40.5 Å². The van der Waals surface area contributed by atoms with Gasteiger partial charge < -0.3 is 9.64 Å². The van der Waals surface area contributed by atoms with Crippen LogP contribution in [0.2, 0.25) is 0 Å². The highest BCUT2D eigenvalue weighted by Crippen LogP contribution is 2.20. The Morgan fingerprint density at radius 2 is 1.77 bits per heavy atom. The fourth-order valence-corrected chi connectivity index (χ4v) is 5.06. The number of fused-ring (bicyclic) bond motifs is 3. The predicted molar refractivity (Wildman–Crippen MR) is 122 cm³/mol. The van der Waals surface area contributed by atoms with E-state index in [1.54, 1.807) is 18.7 Å². The van der Waals surface area contributed by atoms with Crippen LogP contribution in [-0.2, 0) is 20.0 Å². The molecule has 1 aliphatic heterocycles. The Morgan fingerprint density at radius 1 is 1.03 bits per heavy atom. The van der Waals surface area contributed by atoms with Crippen molar-refractivity contribution in [3.05, 3.63) is 57.5 Å². The molecule has 0 spiro atoms. The van der Waals surface area contributed by atoms with Gasteiger partial charge in [-0.3, -0.25) is 18.7 Å². The average Bonchev–Trinajstić information content (AvgIpc) is 3.45. The SMILES string of the molecule is COc1ccc(CCN2CCN(Cc3nnc4n(C)c(=O)c5sccc5n34)CC2)cc1. The van der Waals surface area contributed by atoms with Crippen molar-refractivity contribution in [1.29, 1.82) is 0 Å². The van der Waals surface area contributed by atoms with E-state index in [-0.39, 0.29) is 5.56 Å². The molecule has 162 valence electrons. The number of hydrogen-bond donors (Lipinski definition) is 0. The van der Waals surface area contributed by atoms with E-state index in [0.717, 1.165) is 67.5 Å². The summed E-state index contributed by atoms with van der Waals surface area (Å²) in [5.41, 5.74) is 2.23. The van der Waals surface area contributed by atoms with Crippen LogP contribution >= 0.6 is 11.3 Å². The normalized spacial score (nSPS) is 15.8. The van der Waals surface area contributed by atoms with Gasteiger partial charge in [-0.1, -0.05) is 12.1 Å². The van der Waals surface area contributed by atoms with Crippen molar-refractivity contribution < 1.29 is 4.74 Å². The number of methoxy groups -OCH3 is 1.